The Morgan fingerprint density at radius 1 is 0.960 bits per heavy atom. The molecule has 25 heavy (non-hydrogen) atoms. The molecule has 0 saturated carbocycles. The molecule has 0 unspecified atom stereocenters. The minimum absolute atomic E-state index is 0.172. The second kappa shape index (κ2) is 6.42. The van der Waals surface area contributed by atoms with E-state index in [4.69, 9.17) is 11.6 Å². The molecule has 4 rings (SSSR count). The number of benzene rings is 3. The summed E-state index contributed by atoms with van der Waals surface area (Å²) in [7, 11) is 0. The topological polar surface area (TPSA) is 59.0 Å². The molecular formula is C20H15ClN3O+. The second-order valence-electron chi connectivity index (χ2n) is 5.71. The van der Waals surface area contributed by atoms with Gasteiger partial charge in [-0.2, -0.15) is 0 Å². The Bertz CT molecular complexity index is 1020. The zero-order chi connectivity index (χ0) is 17.2. The quantitative estimate of drug-likeness (QED) is 0.560. The van der Waals surface area contributed by atoms with Gasteiger partial charge >= 0.3 is 0 Å². The van der Waals surface area contributed by atoms with E-state index in [1.54, 1.807) is 24.3 Å². The Labute approximate surface area is 149 Å². The molecule has 1 heterocycles. The van der Waals surface area contributed by atoms with Crippen molar-refractivity contribution >= 4 is 34.2 Å². The maximum Gasteiger partial charge on any atom is 0.285 e. The van der Waals surface area contributed by atoms with Crippen molar-refractivity contribution in [2.24, 2.45) is 0 Å². The Balaban J connectivity index is 1.60. The maximum atomic E-state index is 12.3. The first kappa shape index (κ1) is 15.4. The molecule has 4 aromatic rings. The van der Waals surface area contributed by atoms with Crippen molar-refractivity contribution in [3.05, 3.63) is 83.4 Å². The fourth-order valence-electron chi connectivity index (χ4n) is 2.70. The molecule has 0 spiro atoms. The third-order valence-electron chi connectivity index (χ3n) is 3.96. The lowest BCUT2D eigenvalue weighted by Gasteiger charge is -2.06. The van der Waals surface area contributed by atoms with Crippen molar-refractivity contribution < 1.29 is 9.78 Å². The van der Waals surface area contributed by atoms with Gasteiger partial charge < -0.3 is 5.32 Å². The van der Waals surface area contributed by atoms with Crippen LogP contribution >= 0.6 is 11.6 Å². The van der Waals surface area contributed by atoms with E-state index in [0.29, 0.717) is 10.6 Å². The van der Waals surface area contributed by atoms with Gasteiger partial charge in [-0.15, -0.1) is 0 Å². The molecule has 0 aliphatic heterocycles. The average Bonchev–Trinajstić information content (AvgIpc) is 3.07. The fourth-order valence-corrected chi connectivity index (χ4v) is 2.83. The van der Waals surface area contributed by atoms with E-state index in [1.807, 2.05) is 48.5 Å². The normalized spacial score (nSPS) is 10.8. The summed E-state index contributed by atoms with van der Waals surface area (Å²) in [6, 6.07) is 22.5. The molecule has 0 saturated heterocycles. The van der Waals surface area contributed by atoms with Crippen molar-refractivity contribution in [2.75, 3.05) is 5.32 Å². The summed E-state index contributed by atoms with van der Waals surface area (Å²) in [5.74, 6) is 0.721. The Hall–Kier alpha value is -3.11. The predicted octanol–water partition coefficient (Wildman–Crippen LogP) is 4.55. The highest BCUT2D eigenvalue weighted by Gasteiger charge is 2.13. The highest BCUT2D eigenvalue weighted by molar-refractivity contribution is 6.30. The highest BCUT2D eigenvalue weighted by Crippen LogP contribution is 2.21. The molecule has 4 nitrogen and oxygen atoms in total. The number of para-hydroxylation sites is 2. The first-order valence-corrected chi connectivity index (χ1v) is 8.24. The molecule has 0 radical (unpaired) electrons. The van der Waals surface area contributed by atoms with Crippen LogP contribution in [-0.4, -0.2) is 10.9 Å². The zero-order valence-electron chi connectivity index (χ0n) is 13.2. The van der Waals surface area contributed by atoms with Crippen molar-refractivity contribution in [2.45, 2.75) is 0 Å². The smallest absolute Gasteiger partial charge is 0.285 e. The molecule has 3 aromatic carbocycles. The number of anilines is 1. The number of hydrogen-bond acceptors (Lipinski definition) is 1. The molecule has 122 valence electrons. The van der Waals surface area contributed by atoms with Gasteiger partial charge in [0, 0.05) is 16.3 Å². The standard InChI is InChI=1S/C20H14ClN3O/c21-15-10-8-13(9-11-15)20(25)22-16-5-3-4-14(12-16)19-23-17-6-1-2-7-18(17)24-19/h1-12H,(H,22,25)(H,23,24)/p+1. The summed E-state index contributed by atoms with van der Waals surface area (Å²) in [4.78, 5) is 19.0. The number of rotatable bonds is 3. The van der Waals surface area contributed by atoms with E-state index in [9.17, 15) is 4.79 Å². The van der Waals surface area contributed by atoms with Crippen LogP contribution in [0, 0.1) is 0 Å². The molecule has 1 amide bonds. The SMILES string of the molecule is O=C(Nc1cccc(-c2[nH]c3ccccc3[nH+]2)c1)c1ccc(Cl)cc1. The minimum Gasteiger partial charge on any atom is -0.322 e. The van der Waals surface area contributed by atoms with E-state index in [1.165, 1.54) is 0 Å². The van der Waals surface area contributed by atoms with E-state index in [0.717, 1.165) is 28.1 Å². The van der Waals surface area contributed by atoms with Gasteiger partial charge in [0.2, 0.25) is 0 Å². The summed E-state index contributed by atoms with van der Waals surface area (Å²) in [5, 5.41) is 3.52. The first-order chi connectivity index (χ1) is 12.2. The largest absolute Gasteiger partial charge is 0.322 e. The molecule has 3 N–H and O–H groups in total. The Morgan fingerprint density at radius 3 is 2.56 bits per heavy atom. The van der Waals surface area contributed by atoms with Gasteiger partial charge in [0.05, 0.1) is 5.56 Å². The van der Waals surface area contributed by atoms with Crippen molar-refractivity contribution in [1.82, 2.24) is 4.98 Å². The minimum atomic E-state index is -0.172. The van der Waals surface area contributed by atoms with Gasteiger partial charge in [0.15, 0.2) is 11.0 Å². The lowest BCUT2D eigenvalue weighted by Crippen LogP contribution is -2.12. The Morgan fingerprint density at radius 2 is 1.76 bits per heavy atom. The van der Waals surface area contributed by atoms with Gasteiger partial charge in [-0.3, -0.25) is 4.79 Å². The third kappa shape index (κ3) is 3.25. The zero-order valence-corrected chi connectivity index (χ0v) is 14.0. The predicted molar refractivity (Wildman–Crippen MR) is 99.7 cm³/mol. The molecule has 0 fully saturated rings. The number of carbonyl (C=O) groups is 1. The summed E-state index contributed by atoms with van der Waals surface area (Å²) in [6.45, 7) is 0. The molecular weight excluding hydrogens is 334 g/mol. The van der Waals surface area contributed by atoms with E-state index in [2.05, 4.69) is 15.3 Å². The molecule has 0 bridgehead atoms. The number of aromatic nitrogens is 2. The van der Waals surface area contributed by atoms with Crippen LogP contribution in [0.1, 0.15) is 10.4 Å². The maximum absolute atomic E-state index is 12.3. The first-order valence-electron chi connectivity index (χ1n) is 7.86. The number of halogens is 1. The molecule has 0 aliphatic carbocycles. The Kier molecular flexibility index (Phi) is 3.96. The number of imidazole rings is 1. The number of aromatic amines is 2. The fraction of sp³-hybridized carbons (Fsp3) is 0. The third-order valence-corrected chi connectivity index (χ3v) is 4.21. The van der Waals surface area contributed by atoms with Gasteiger partial charge in [-0.1, -0.05) is 29.8 Å². The van der Waals surface area contributed by atoms with Gasteiger partial charge in [-0.05, 0) is 54.6 Å². The van der Waals surface area contributed by atoms with Crippen LogP contribution in [0.4, 0.5) is 5.69 Å². The van der Waals surface area contributed by atoms with Crippen LogP contribution in [0.5, 0.6) is 0 Å². The number of H-pyrrole nitrogens is 2. The highest BCUT2D eigenvalue weighted by atomic mass is 35.5. The van der Waals surface area contributed by atoms with Gasteiger partial charge in [0.25, 0.3) is 11.7 Å². The molecule has 0 aliphatic rings. The lowest BCUT2D eigenvalue weighted by molar-refractivity contribution is -0.330. The van der Waals surface area contributed by atoms with Gasteiger partial charge in [-0.25, -0.2) is 9.97 Å². The van der Waals surface area contributed by atoms with Gasteiger partial charge in [0.1, 0.15) is 0 Å². The number of fused-ring (bicyclic) bond motifs is 1. The number of amides is 1. The number of carbonyl (C=O) groups excluding carboxylic acids is 1. The van der Waals surface area contributed by atoms with Crippen LogP contribution in [0.25, 0.3) is 22.4 Å². The summed E-state index contributed by atoms with van der Waals surface area (Å²) in [5.41, 5.74) is 4.32. The van der Waals surface area contributed by atoms with Crippen LogP contribution in [0.2, 0.25) is 5.02 Å². The molecule has 1 aromatic heterocycles. The number of nitrogens with one attached hydrogen (secondary N) is 3. The van der Waals surface area contributed by atoms with Crippen molar-refractivity contribution in [3.63, 3.8) is 0 Å². The van der Waals surface area contributed by atoms with Crippen LogP contribution in [0.15, 0.2) is 72.8 Å². The van der Waals surface area contributed by atoms with Crippen LogP contribution in [0.3, 0.4) is 0 Å². The summed E-state index contributed by atoms with van der Waals surface area (Å²) in [6.07, 6.45) is 0. The van der Waals surface area contributed by atoms with E-state index < -0.39 is 0 Å². The van der Waals surface area contributed by atoms with E-state index in [-0.39, 0.29) is 5.91 Å². The summed E-state index contributed by atoms with van der Waals surface area (Å²) < 4.78 is 0. The van der Waals surface area contributed by atoms with E-state index >= 15 is 0 Å². The van der Waals surface area contributed by atoms with Crippen LogP contribution in [-0.2, 0) is 0 Å². The summed E-state index contributed by atoms with van der Waals surface area (Å²) >= 11 is 5.86. The van der Waals surface area contributed by atoms with Crippen molar-refractivity contribution in [3.8, 4) is 11.4 Å². The van der Waals surface area contributed by atoms with Crippen molar-refractivity contribution in [1.29, 1.82) is 0 Å². The van der Waals surface area contributed by atoms with Crippen LogP contribution < -0.4 is 10.3 Å². The molecule has 5 heteroatoms. The number of hydrogen-bond donors (Lipinski definition) is 2. The molecule has 0 atom stereocenters. The average molecular weight is 349 g/mol. The monoisotopic (exact) mass is 348 g/mol. The second-order valence-corrected chi connectivity index (χ2v) is 6.15. The lowest BCUT2D eigenvalue weighted by atomic mass is 10.1.